The van der Waals surface area contributed by atoms with Gasteiger partial charge in [-0.15, -0.1) is 0 Å². The van der Waals surface area contributed by atoms with Crippen LogP contribution in [-0.2, 0) is 0 Å². The molecule has 0 bridgehead atoms. The molecular weight excluding hydrogens is 174 g/mol. The molecule has 0 saturated carbocycles. The van der Waals surface area contributed by atoms with Crippen molar-refractivity contribution in [2.75, 3.05) is 6.54 Å². The zero-order valence-corrected chi connectivity index (χ0v) is 8.99. The van der Waals surface area contributed by atoms with Crippen molar-refractivity contribution >= 4 is 0 Å². The smallest absolute Gasteiger partial charge is 0.0937 e. The standard InChI is InChI=1S/C12H19NO/c1-9(2)7-12-11(3-5-13-12)10-4-6-14-8-10/h4,6,8-9,11-13H,3,5,7H2,1-2H3. The van der Waals surface area contributed by atoms with Crippen LogP contribution < -0.4 is 5.32 Å². The van der Waals surface area contributed by atoms with Crippen LogP contribution in [0.2, 0.25) is 0 Å². The SMILES string of the molecule is CC(C)CC1NCCC1c1ccoc1. The summed E-state index contributed by atoms with van der Waals surface area (Å²) < 4.78 is 5.15. The third-order valence-corrected chi connectivity index (χ3v) is 3.04. The molecule has 0 radical (unpaired) electrons. The maximum atomic E-state index is 5.15. The molecule has 1 N–H and O–H groups in total. The first-order valence-electron chi connectivity index (χ1n) is 5.53. The van der Waals surface area contributed by atoms with Gasteiger partial charge in [0.25, 0.3) is 0 Å². The van der Waals surface area contributed by atoms with Gasteiger partial charge in [-0.25, -0.2) is 0 Å². The first-order valence-corrected chi connectivity index (χ1v) is 5.53. The molecule has 2 heterocycles. The predicted molar refractivity (Wildman–Crippen MR) is 57.3 cm³/mol. The third kappa shape index (κ3) is 2.01. The van der Waals surface area contributed by atoms with Gasteiger partial charge in [0.2, 0.25) is 0 Å². The number of hydrogen-bond acceptors (Lipinski definition) is 2. The highest BCUT2D eigenvalue weighted by Gasteiger charge is 2.28. The molecule has 2 unspecified atom stereocenters. The summed E-state index contributed by atoms with van der Waals surface area (Å²) in [6.07, 6.45) is 6.18. The molecule has 2 atom stereocenters. The molecule has 1 aromatic heterocycles. The summed E-state index contributed by atoms with van der Waals surface area (Å²) in [5.41, 5.74) is 1.36. The van der Waals surface area contributed by atoms with Gasteiger partial charge in [-0.1, -0.05) is 13.8 Å². The Bertz CT molecular complexity index is 266. The van der Waals surface area contributed by atoms with E-state index in [9.17, 15) is 0 Å². The highest BCUT2D eigenvalue weighted by Crippen LogP contribution is 2.31. The van der Waals surface area contributed by atoms with Crippen molar-refractivity contribution in [3.05, 3.63) is 24.2 Å². The summed E-state index contributed by atoms with van der Waals surface area (Å²) >= 11 is 0. The topological polar surface area (TPSA) is 25.2 Å². The van der Waals surface area contributed by atoms with E-state index in [1.54, 1.807) is 6.26 Å². The van der Waals surface area contributed by atoms with Crippen molar-refractivity contribution in [1.29, 1.82) is 0 Å². The molecular formula is C12H19NO. The molecule has 1 aromatic rings. The quantitative estimate of drug-likeness (QED) is 0.798. The zero-order valence-electron chi connectivity index (χ0n) is 8.99. The lowest BCUT2D eigenvalue weighted by molar-refractivity contribution is 0.431. The van der Waals surface area contributed by atoms with Gasteiger partial charge in [0.05, 0.1) is 12.5 Å². The summed E-state index contributed by atoms with van der Waals surface area (Å²) in [4.78, 5) is 0. The zero-order chi connectivity index (χ0) is 9.97. The van der Waals surface area contributed by atoms with Crippen LogP contribution in [-0.4, -0.2) is 12.6 Å². The van der Waals surface area contributed by atoms with Gasteiger partial charge in [-0.3, -0.25) is 0 Å². The molecule has 0 aromatic carbocycles. The lowest BCUT2D eigenvalue weighted by Crippen LogP contribution is -2.27. The molecule has 1 aliphatic heterocycles. The molecule has 0 aliphatic carbocycles. The highest BCUT2D eigenvalue weighted by atomic mass is 16.3. The van der Waals surface area contributed by atoms with Crippen LogP contribution in [0.15, 0.2) is 23.0 Å². The molecule has 1 fully saturated rings. The van der Waals surface area contributed by atoms with Gasteiger partial charge >= 0.3 is 0 Å². The number of furan rings is 1. The van der Waals surface area contributed by atoms with Crippen molar-refractivity contribution in [2.24, 2.45) is 5.92 Å². The maximum absolute atomic E-state index is 5.15. The second kappa shape index (κ2) is 4.18. The molecule has 2 rings (SSSR count). The van der Waals surface area contributed by atoms with Gasteiger partial charge in [0.15, 0.2) is 0 Å². The largest absolute Gasteiger partial charge is 0.472 e. The van der Waals surface area contributed by atoms with Gasteiger partial charge in [-0.2, -0.15) is 0 Å². The number of hydrogen-bond donors (Lipinski definition) is 1. The Morgan fingerprint density at radius 2 is 2.43 bits per heavy atom. The van der Waals surface area contributed by atoms with E-state index in [1.165, 1.54) is 18.4 Å². The summed E-state index contributed by atoms with van der Waals surface area (Å²) in [6, 6.07) is 2.75. The minimum atomic E-state index is 0.646. The van der Waals surface area contributed by atoms with Crippen molar-refractivity contribution in [1.82, 2.24) is 5.32 Å². The van der Waals surface area contributed by atoms with Crippen molar-refractivity contribution in [3.63, 3.8) is 0 Å². The van der Waals surface area contributed by atoms with Crippen LogP contribution in [0.1, 0.15) is 38.2 Å². The van der Waals surface area contributed by atoms with Crippen LogP contribution in [0.25, 0.3) is 0 Å². The van der Waals surface area contributed by atoms with Crippen molar-refractivity contribution in [2.45, 2.75) is 38.6 Å². The molecule has 0 spiro atoms. The average Bonchev–Trinajstić information content (AvgIpc) is 2.70. The van der Waals surface area contributed by atoms with Crippen LogP contribution in [0, 0.1) is 5.92 Å². The second-order valence-corrected chi connectivity index (χ2v) is 4.64. The summed E-state index contributed by atoms with van der Waals surface area (Å²) in [6.45, 7) is 5.71. The Hall–Kier alpha value is -0.760. The van der Waals surface area contributed by atoms with E-state index in [1.807, 2.05) is 6.26 Å². The van der Waals surface area contributed by atoms with E-state index in [0.29, 0.717) is 12.0 Å². The van der Waals surface area contributed by atoms with Crippen molar-refractivity contribution in [3.8, 4) is 0 Å². The molecule has 1 saturated heterocycles. The van der Waals surface area contributed by atoms with Gasteiger partial charge in [-0.05, 0) is 36.9 Å². The average molecular weight is 193 g/mol. The fraction of sp³-hybridized carbons (Fsp3) is 0.667. The molecule has 78 valence electrons. The Morgan fingerprint density at radius 1 is 1.57 bits per heavy atom. The first-order chi connectivity index (χ1) is 6.77. The maximum Gasteiger partial charge on any atom is 0.0937 e. The fourth-order valence-electron chi connectivity index (χ4n) is 2.41. The van der Waals surface area contributed by atoms with Crippen LogP contribution >= 0.6 is 0 Å². The van der Waals surface area contributed by atoms with Crippen LogP contribution in [0.5, 0.6) is 0 Å². The number of nitrogens with one attached hydrogen (secondary N) is 1. The Kier molecular flexibility index (Phi) is 2.92. The van der Waals surface area contributed by atoms with E-state index in [0.717, 1.165) is 12.5 Å². The molecule has 14 heavy (non-hydrogen) atoms. The minimum Gasteiger partial charge on any atom is -0.472 e. The summed E-state index contributed by atoms with van der Waals surface area (Å²) in [5.74, 6) is 1.43. The van der Waals surface area contributed by atoms with Gasteiger partial charge in [0.1, 0.15) is 0 Å². The second-order valence-electron chi connectivity index (χ2n) is 4.64. The van der Waals surface area contributed by atoms with E-state index in [-0.39, 0.29) is 0 Å². The van der Waals surface area contributed by atoms with Crippen molar-refractivity contribution < 1.29 is 4.42 Å². The Labute approximate surface area is 85.7 Å². The Morgan fingerprint density at radius 3 is 3.07 bits per heavy atom. The van der Waals surface area contributed by atoms with E-state index in [2.05, 4.69) is 25.2 Å². The third-order valence-electron chi connectivity index (χ3n) is 3.04. The minimum absolute atomic E-state index is 0.646. The van der Waals surface area contributed by atoms with Crippen LogP contribution in [0.4, 0.5) is 0 Å². The highest BCUT2D eigenvalue weighted by molar-refractivity contribution is 5.17. The number of rotatable bonds is 3. The van der Waals surface area contributed by atoms with E-state index in [4.69, 9.17) is 4.42 Å². The predicted octanol–water partition coefficient (Wildman–Crippen LogP) is 2.77. The lowest BCUT2D eigenvalue weighted by atomic mass is 9.89. The lowest BCUT2D eigenvalue weighted by Gasteiger charge is -2.20. The molecule has 2 nitrogen and oxygen atoms in total. The van der Waals surface area contributed by atoms with Crippen LogP contribution in [0.3, 0.4) is 0 Å². The first kappa shape index (κ1) is 9.78. The van der Waals surface area contributed by atoms with E-state index < -0.39 is 0 Å². The molecule has 0 amide bonds. The monoisotopic (exact) mass is 193 g/mol. The normalized spacial score (nSPS) is 27.4. The van der Waals surface area contributed by atoms with E-state index >= 15 is 0 Å². The summed E-state index contributed by atoms with van der Waals surface area (Å²) in [5, 5.41) is 3.58. The molecule has 2 heteroatoms. The fourth-order valence-corrected chi connectivity index (χ4v) is 2.41. The molecule has 1 aliphatic rings. The van der Waals surface area contributed by atoms with Gasteiger partial charge in [0, 0.05) is 12.0 Å². The summed E-state index contributed by atoms with van der Waals surface area (Å²) in [7, 11) is 0. The van der Waals surface area contributed by atoms with Gasteiger partial charge < -0.3 is 9.73 Å². The Balaban J connectivity index is 2.04.